The van der Waals surface area contributed by atoms with E-state index in [-0.39, 0.29) is 0 Å². The molecular formula is C14H13BrClNO2. The van der Waals surface area contributed by atoms with Crippen LogP contribution in [0.2, 0.25) is 5.02 Å². The molecule has 0 aliphatic rings. The number of para-hydroxylation sites is 2. The number of hydrogen-bond acceptors (Lipinski definition) is 3. The van der Waals surface area contributed by atoms with Crippen molar-refractivity contribution in [2.75, 3.05) is 6.61 Å². The Labute approximate surface area is 125 Å². The van der Waals surface area contributed by atoms with Gasteiger partial charge in [0.15, 0.2) is 11.5 Å². The van der Waals surface area contributed by atoms with Gasteiger partial charge in [0.1, 0.15) is 0 Å². The molecule has 0 aliphatic heterocycles. The smallest absolute Gasteiger partial charge is 0.233 e. The predicted molar refractivity (Wildman–Crippen MR) is 79.2 cm³/mol. The average Bonchev–Trinajstić information content (AvgIpc) is 2.41. The number of pyridine rings is 1. The van der Waals surface area contributed by atoms with E-state index in [4.69, 9.17) is 21.1 Å². The Balaban J connectivity index is 2.22. The summed E-state index contributed by atoms with van der Waals surface area (Å²) in [6.45, 7) is 2.70. The summed E-state index contributed by atoms with van der Waals surface area (Å²) in [6.07, 6.45) is 2.48. The number of ether oxygens (including phenoxy) is 2. The van der Waals surface area contributed by atoms with Crippen molar-refractivity contribution in [3.8, 4) is 17.4 Å². The number of nitrogens with zero attached hydrogens (tertiary/aromatic N) is 1. The van der Waals surface area contributed by atoms with Gasteiger partial charge in [-0.1, -0.05) is 30.7 Å². The molecule has 0 fully saturated rings. The molecule has 1 heterocycles. The van der Waals surface area contributed by atoms with Gasteiger partial charge in [-0.25, -0.2) is 4.98 Å². The zero-order valence-electron chi connectivity index (χ0n) is 10.4. The second kappa shape index (κ2) is 6.78. The van der Waals surface area contributed by atoms with Crippen LogP contribution >= 0.6 is 27.5 Å². The summed E-state index contributed by atoms with van der Waals surface area (Å²) in [7, 11) is 0. The molecule has 0 bridgehead atoms. The summed E-state index contributed by atoms with van der Waals surface area (Å²) >= 11 is 9.22. The van der Waals surface area contributed by atoms with Crippen LogP contribution in [0.3, 0.4) is 0 Å². The molecule has 2 rings (SSSR count). The van der Waals surface area contributed by atoms with Crippen molar-refractivity contribution in [1.29, 1.82) is 0 Å². The van der Waals surface area contributed by atoms with Crippen LogP contribution in [-0.2, 0) is 0 Å². The lowest BCUT2D eigenvalue weighted by molar-refractivity contribution is 0.300. The predicted octanol–water partition coefficient (Wildman–Crippen LogP) is 5.08. The summed E-state index contributed by atoms with van der Waals surface area (Å²) in [4.78, 5) is 4.14. The third kappa shape index (κ3) is 3.85. The van der Waals surface area contributed by atoms with Crippen LogP contribution in [0.5, 0.6) is 17.4 Å². The van der Waals surface area contributed by atoms with E-state index in [0.29, 0.717) is 33.5 Å². The van der Waals surface area contributed by atoms with Crippen molar-refractivity contribution in [3.63, 3.8) is 0 Å². The van der Waals surface area contributed by atoms with Crippen LogP contribution in [0.1, 0.15) is 13.3 Å². The molecule has 19 heavy (non-hydrogen) atoms. The van der Waals surface area contributed by atoms with Gasteiger partial charge in [0.05, 0.1) is 16.1 Å². The minimum atomic E-state index is 0.456. The van der Waals surface area contributed by atoms with E-state index >= 15 is 0 Å². The van der Waals surface area contributed by atoms with Crippen LogP contribution in [0.4, 0.5) is 0 Å². The Kier molecular flexibility index (Phi) is 5.05. The van der Waals surface area contributed by atoms with E-state index in [9.17, 15) is 0 Å². The fourth-order valence-corrected chi connectivity index (χ4v) is 2.17. The molecule has 0 radical (unpaired) electrons. The Morgan fingerprint density at radius 1 is 1.26 bits per heavy atom. The van der Waals surface area contributed by atoms with Gasteiger partial charge in [-0.15, -0.1) is 0 Å². The second-order valence-electron chi connectivity index (χ2n) is 3.84. The SMILES string of the molecule is CCCOc1ccccc1Oc1ncc(Cl)cc1Br. The van der Waals surface area contributed by atoms with Crippen LogP contribution in [0.25, 0.3) is 0 Å². The molecule has 0 saturated heterocycles. The molecule has 1 aromatic carbocycles. The molecule has 0 unspecified atom stereocenters. The third-order valence-electron chi connectivity index (χ3n) is 2.29. The number of halogens is 2. The highest BCUT2D eigenvalue weighted by Gasteiger charge is 2.09. The summed E-state index contributed by atoms with van der Waals surface area (Å²) in [5, 5.41) is 0.551. The zero-order chi connectivity index (χ0) is 13.7. The fourth-order valence-electron chi connectivity index (χ4n) is 1.45. The zero-order valence-corrected chi connectivity index (χ0v) is 12.7. The van der Waals surface area contributed by atoms with Crippen LogP contribution in [-0.4, -0.2) is 11.6 Å². The quantitative estimate of drug-likeness (QED) is 0.759. The van der Waals surface area contributed by atoms with E-state index < -0.39 is 0 Å². The molecule has 0 amide bonds. The van der Waals surface area contributed by atoms with Crippen molar-refractivity contribution in [2.24, 2.45) is 0 Å². The highest BCUT2D eigenvalue weighted by atomic mass is 79.9. The lowest BCUT2D eigenvalue weighted by Crippen LogP contribution is -1.98. The molecule has 3 nitrogen and oxygen atoms in total. The molecule has 0 saturated carbocycles. The highest BCUT2D eigenvalue weighted by Crippen LogP contribution is 2.34. The summed E-state index contributed by atoms with van der Waals surface area (Å²) in [6, 6.07) is 9.24. The lowest BCUT2D eigenvalue weighted by atomic mass is 10.3. The molecule has 1 aromatic heterocycles. The fraction of sp³-hybridized carbons (Fsp3) is 0.214. The minimum absolute atomic E-state index is 0.456. The standard InChI is InChI=1S/C14H13BrClNO2/c1-2-7-18-12-5-3-4-6-13(12)19-14-11(15)8-10(16)9-17-14/h3-6,8-9H,2,7H2,1H3. The van der Waals surface area contributed by atoms with Crippen LogP contribution in [0, 0.1) is 0 Å². The monoisotopic (exact) mass is 341 g/mol. The molecule has 0 atom stereocenters. The van der Waals surface area contributed by atoms with E-state index in [2.05, 4.69) is 27.8 Å². The van der Waals surface area contributed by atoms with Crippen molar-refractivity contribution >= 4 is 27.5 Å². The number of hydrogen-bond donors (Lipinski definition) is 0. The van der Waals surface area contributed by atoms with Crippen LogP contribution in [0.15, 0.2) is 41.0 Å². The van der Waals surface area contributed by atoms with Crippen molar-refractivity contribution in [3.05, 3.63) is 46.0 Å². The molecule has 0 spiro atoms. The maximum atomic E-state index is 5.85. The average molecular weight is 343 g/mol. The maximum Gasteiger partial charge on any atom is 0.233 e. The van der Waals surface area contributed by atoms with E-state index in [0.717, 1.165) is 6.42 Å². The van der Waals surface area contributed by atoms with Gasteiger partial charge in [0.2, 0.25) is 5.88 Å². The first-order chi connectivity index (χ1) is 9.20. The van der Waals surface area contributed by atoms with Gasteiger partial charge in [-0.3, -0.25) is 0 Å². The van der Waals surface area contributed by atoms with E-state index in [1.807, 2.05) is 24.3 Å². The van der Waals surface area contributed by atoms with Crippen molar-refractivity contribution in [1.82, 2.24) is 4.98 Å². The van der Waals surface area contributed by atoms with Crippen molar-refractivity contribution < 1.29 is 9.47 Å². The number of benzene rings is 1. The summed E-state index contributed by atoms with van der Waals surface area (Å²) < 4.78 is 12.1. The van der Waals surface area contributed by atoms with Crippen LogP contribution < -0.4 is 9.47 Å². The maximum absolute atomic E-state index is 5.85. The van der Waals surface area contributed by atoms with Gasteiger partial charge in [0, 0.05) is 6.20 Å². The van der Waals surface area contributed by atoms with Gasteiger partial charge in [-0.05, 0) is 40.5 Å². The van der Waals surface area contributed by atoms with E-state index in [1.54, 1.807) is 6.07 Å². The Hall–Kier alpha value is -1.26. The molecule has 0 aliphatic carbocycles. The largest absolute Gasteiger partial charge is 0.490 e. The van der Waals surface area contributed by atoms with Gasteiger partial charge in [0.25, 0.3) is 0 Å². The van der Waals surface area contributed by atoms with E-state index in [1.165, 1.54) is 6.20 Å². The molecule has 0 N–H and O–H groups in total. The molecule has 2 aromatic rings. The first-order valence-corrected chi connectivity index (χ1v) is 7.08. The lowest BCUT2D eigenvalue weighted by Gasteiger charge is -2.12. The Bertz CT molecular complexity index is 563. The first-order valence-electron chi connectivity index (χ1n) is 5.91. The summed E-state index contributed by atoms with van der Waals surface area (Å²) in [5.74, 6) is 1.79. The molecular weight excluding hydrogens is 330 g/mol. The third-order valence-corrected chi connectivity index (χ3v) is 3.07. The van der Waals surface area contributed by atoms with Gasteiger partial charge < -0.3 is 9.47 Å². The normalized spacial score (nSPS) is 10.3. The molecule has 100 valence electrons. The second-order valence-corrected chi connectivity index (χ2v) is 5.13. The highest BCUT2D eigenvalue weighted by molar-refractivity contribution is 9.10. The first kappa shape index (κ1) is 14.2. The Morgan fingerprint density at radius 3 is 2.68 bits per heavy atom. The number of rotatable bonds is 5. The number of aromatic nitrogens is 1. The summed E-state index contributed by atoms with van der Waals surface area (Å²) in [5.41, 5.74) is 0. The Morgan fingerprint density at radius 2 is 2.00 bits per heavy atom. The van der Waals surface area contributed by atoms with Gasteiger partial charge >= 0.3 is 0 Å². The van der Waals surface area contributed by atoms with Crippen molar-refractivity contribution in [2.45, 2.75) is 13.3 Å². The topological polar surface area (TPSA) is 31.4 Å². The molecule has 5 heteroatoms. The minimum Gasteiger partial charge on any atom is -0.490 e. The van der Waals surface area contributed by atoms with Gasteiger partial charge in [-0.2, -0.15) is 0 Å².